The molecule has 3 radical (unpaired) electrons. The molecule has 1 fully saturated rings. The van der Waals surface area contributed by atoms with Gasteiger partial charge in [-0.05, 0) is 0 Å². The van der Waals surface area contributed by atoms with Gasteiger partial charge in [0.05, 0.1) is 0 Å². The van der Waals surface area contributed by atoms with Crippen LogP contribution in [-0.4, -0.2) is 39.0 Å². The predicted octanol–water partition coefficient (Wildman–Crippen LogP) is 0.946. The van der Waals surface area contributed by atoms with Gasteiger partial charge < -0.3 is 0 Å². The monoisotopic (exact) mass is 218 g/mol. The number of nitrogens with zero attached hydrogens (tertiary/aromatic N) is 1. The summed E-state index contributed by atoms with van der Waals surface area (Å²) in [6, 6.07) is 0. The Bertz CT molecular complexity index is 57.5. The van der Waals surface area contributed by atoms with Gasteiger partial charge >= 0.3 is 64.7 Å². The minimum atomic E-state index is 1.36. The summed E-state index contributed by atoms with van der Waals surface area (Å²) in [6.45, 7) is 2.72. The van der Waals surface area contributed by atoms with Crippen molar-refractivity contribution in [2.75, 3.05) is 13.1 Å². The fraction of sp³-hybridized carbons (Fsp3) is 1.00. The van der Waals surface area contributed by atoms with Crippen LogP contribution < -0.4 is 0 Å². The minimum absolute atomic E-state index is 1.36. The molecule has 0 spiro atoms. The summed E-state index contributed by atoms with van der Waals surface area (Å²) in [4.78, 5) is 0. The van der Waals surface area contributed by atoms with Crippen LogP contribution in [0, 0.1) is 0 Å². The summed E-state index contributed by atoms with van der Waals surface area (Å²) >= 11 is 1.61. The van der Waals surface area contributed by atoms with Gasteiger partial charge in [0.15, 0.2) is 0 Å². The molecular formula is C6H12NSn. The van der Waals surface area contributed by atoms with Gasteiger partial charge in [0, 0.05) is 0 Å². The second kappa shape index (κ2) is 3.72. The molecule has 1 nitrogen and oxygen atoms in total. The Balaban J connectivity index is 2.17. The first-order valence-electron chi connectivity index (χ1n) is 3.36. The molecule has 0 saturated carbocycles. The van der Waals surface area contributed by atoms with E-state index in [-0.39, 0.29) is 0 Å². The summed E-state index contributed by atoms with van der Waals surface area (Å²) in [6.07, 6.45) is 5.80. The molecule has 1 aliphatic heterocycles. The molecule has 1 rings (SSSR count). The molecule has 0 aromatic rings. The van der Waals surface area contributed by atoms with Crippen molar-refractivity contribution in [2.45, 2.75) is 25.7 Å². The van der Waals surface area contributed by atoms with E-state index in [1.165, 1.54) is 38.8 Å². The van der Waals surface area contributed by atoms with Crippen molar-refractivity contribution in [1.29, 1.82) is 0 Å². The van der Waals surface area contributed by atoms with Crippen LogP contribution >= 0.6 is 0 Å². The van der Waals surface area contributed by atoms with Crippen LogP contribution in [0.2, 0.25) is 0 Å². The molecule has 45 valence electrons. The maximum absolute atomic E-state index is 2.51. The van der Waals surface area contributed by atoms with Gasteiger partial charge in [0.1, 0.15) is 0 Å². The summed E-state index contributed by atoms with van der Waals surface area (Å²) in [7, 11) is 0. The van der Waals surface area contributed by atoms with Gasteiger partial charge in [-0.15, -0.1) is 0 Å². The molecule has 0 aromatic heterocycles. The third-order valence-electron chi connectivity index (χ3n) is 1.61. The van der Waals surface area contributed by atoms with E-state index in [0.29, 0.717) is 0 Å². The van der Waals surface area contributed by atoms with E-state index in [1.807, 2.05) is 0 Å². The van der Waals surface area contributed by atoms with Gasteiger partial charge in [-0.3, -0.25) is 0 Å². The molecule has 1 heterocycles. The first kappa shape index (κ1) is 6.87. The molecule has 1 saturated heterocycles. The van der Waals surface area contributed by atoms with Gasteiger partial charge in [-0.1, -0.05) is 0 Å². The van der Waals surface area contributed by atoms with E-state index in [9.17, 15) is 0 Å². The zero-order valence-corrected chi connectivity index (χ0v) is 8.04. The topological polar surface area (TPSA) is 3.24 Å². The van der Waals surface area contributed by atoms with E-state index < -0.39 is 0 Å². The molecule has 1 aliphatic rings. The summed E-state index contributed by atoms with van der Waals surface area (Å²) in [5, 5.41) is 0. The molecule has 8 heavy (non-hydrogen) atoms. The van der Waals surface area contributed by atoms with Crippen molar-refractivity contribution in [3.63, 3.8) is 0 Å². The average molecular weight is 217 g/mol. The van der Waals surface area contributed by atoms with Crippen LogP contribution in [-0.2, 0) is 0 Å². The van der Waals surface area contributed by atoms with Crippen molar-refractivity contribution in [1.82, 2.24) is 3.12 Å². The van der Waals surface area contributed by atoms with Crippen LogP contribution in [0.5, 0.6) is 0 Å². The van der Waals surface area contributed by atoms with Gasteiger partial charge in [-0.25, -0.2) is 0 Å². The molecule has 2 heteroatoms. The molecule has 0 aromatic carbocycles. The van der Waals surface area contributed by atoms with Crippen molar-refractivity contribution in [3.8, 4) is 0 Å². The Morgan fingerprint density at radius 2 is 1.38 bits per heavy atom. The summed E-state index contributed by atoms with van der Waals surface area (Å²) < 4.78 is 2.51. The zero-order chi connectivity index (χ0) is 5.82. The third kappa shape index (κ3) is 2.35. The fourth-order valence-electron chi connectivity index (χ4n) is 1.07. The van der Waals surface area contributed by atoms with Crippen molar-refractivity contribution in [3.05, 3.63) is 0 Å². The Morgan fingerprint density at radius 3 is 1.88 bits per heavy atom. The Hall–Kier alpha value is 0.759. The summed E-state index contributed by atoms with van der Waals surface area (Å²) in [5.41, 5.74) is 0. The van der Waals surface area contributed by atoms with Crippen LogP contribution in [0.4, 0.5) is 0 Å². The SMILES string of the molecule is [Sn][N]1CCCCCC1. The summed E-state index contributed by atoms with van der Waals surface area (Å²) in [5.74, 6) is 0. The predicted molar refractivity (Wildman–Crippen MR) is 35.8 cm³/mol. The van der Waals surface area contributed by atoms with E-state index >= 15 is 0 Å². The van der Waals surface area contributed by atoms with E-state index in [2.05, 4.69) is 3.12 Å². The number of hydrogen-bond acceptors (Lipinski definition) is 1. The van der Waals surface area contributed by atoms with Crippen LogP contribution in [0.15, 0.2) is 0 Å². The van der Waals surface area contributed by atoms with Gasteiger partial charge in [-0.2, -0.15) is 0 Å². The standard InChI is InChI=1S/C6H12N.Sn/c1-2-4-6-7-5-3-1;/h1-6H2;/q-1;+1. The first-order valence-corrected chi connectivity index (χ1v) is 4.63. The van der Waals surface area contributed by atoms with E-state index in [1.54, 1.807) is 22.8 Å². The third-order valence-corrected chi connectivity index (χ3v) is 2.88. The van der Waals surface area contributed by atoms with Crippen molar-refractivity contribution in [2.24, 2.45) is 0 Å². The van der Waals surface area contributed by atoms with Gasteiger partial charge in [0.25, 0.3) is 0 Å². The maximum atomic E-state index is 2.51. The molecule has 0 bridgehead atoms. The van der Waals surface area contributed by atoms with Gasteiger partial charge in [0.2, 0.25) is 0 Å². The normalized spacial score (nSPS) is 25.1. The number of hydrogen-bond donors (Lipinski definition) is 0. The Labute approximate surface area is 64.9 Å². The van der Waals surface area contributed by atoms with Crippen LogP contribution in [0.25, 0.3) is 0 Å². The second-order valence-corrected chi connectivity index (χ2v) is 4.21. The molecule has 0 amide bonds. The average Bonchev–Trinajstić information content (AvgIpc) is 1.94. The molecule has 0 atom stereocenters. The quantitative estimate of drug-likeness (QED) is 0.546. The van der Waals surface area contributed by atoms with Crippen molar-refractivity contribution >= 4 is 22.8 Å². The fourth-order valence-corrected chi connectivity index (χ4v) is 1.97. The Kier molecular flexibility index (Phi) is 3.20. The Morgan fingerprint density at radius 1 is 0.875 bits per heavy atom. The molecule has 0 aliphatic carbocycles. The van der Waals surface area contributed by atoms with Crippen molar-refractivity contribution < 1.29 is 0 Å². The molecule has 0 N–H and O–H groups in total. The van der Waals surface area contributed by atoms with E-state index in [0.717, 1.165) is 0 Å². The zero-order valence-electron chi connectivity index (χ0n) is 5.19. The van der Waals surface area contributed by atoms with E-state index in [4.69, 9.17) is 0 Å². The first-order chi connectivity index (χ1) is 3.89. The second-order valence-electron chi connectivity index (χ2n) is 2.40. The molecule has 0 unspecified atom stereocenters. The number of rotatable bonds is 0. The molecular weight excluding hydrogens is 205 g/mol. The van der Waals surface area contributed by atoms with Crippen LogP contribution in [0.3, 0.4) is 0 Å². The van der Waals surface area contributed by atoms with Crippen LogP contribution in [0.1, 0.15) is 25.7 Å².